The lowest BCUT2D eigenvalue weighted by atomic mass is 10.2. The molecule has 0 bridgehead atoms. The summed E-state index contributed by atoms with van der Waals surface area (Å²) >= 11 is 1.10. The molecule has 22 heavy (non-hydrogen) atoms. The number of rotatable bonds is 6. The van der Waals surface area contributed by atoms with E-state index in [-0.39, 0.29) is 23.4 Å². The molecule has 118 valence electrons. The van der Waals surface area contributed by atoms with Crippen LogP contribution in [0.4, 0.5) is 0 Å². The van der Waals surface area contributed by atoms with Gasteiger partial charge in [-0.2, -0.15) is 0 Å². The summed E-state index contributed by atoms with van der Waals surface area (Å²) in [4.78, 5) is 23.4. The molecule has 0 aliphatic carbocycles. The Morgan fingerprint density at radius 1 is 1.41 bits per heavy atom. The van der Waals surface area contributed by atoms with Gasteiger partial charge in [-0.25, -0.2) is 0 Å². The van der Waals surface area contributed by atoms with Crippen LogP contribution in [0.3, 0.4) is 0 Å². The number of benzene rings is 1. The second kappa shape index (κ2) is 7.26. The molecule has 1 aromatic heterocycles. The summed E-state index contributed by atoms with van der Waals surface area (Å²) in [6.45, 7) is 6.11. The molecule has 5 nitrogen and oxygen atoms in total. The molecule has 1 atom stereocenters. The number of nitrogens with zero attached hydrogens (tertiary/aromatic N) is 1. The molecule has 0 saturated carbocycles. The SMILES string of the molecule is Cc1cccc(OCC(C)NC(=O)Cn2c(C)csc2=O)c1. The highest BCUT2D eigenvalue weighted by atomic mass is 32.1. The predicted octanol–water partition coefficient (Wildman–Crippen LogP) is 2.11. The normalized spacial score (nSPS) is 12.0. The van der Waals surface area contributed by atoms with Crippen molar-refractivity contribution in [2.45, 2.75) is 33.4 Å². The van der Waals surface area contributed by atoms with Gasteiger partial charge in [0.05, 0.1) is 6.04 Å². The van der Waals surface area contributed by atoms with Crippen molar-refractivity contribution in [1.29, 1.82) is 0 Å². The summed E-state index contributed by atoms with van der Waals surface area (Å²) in [6, 6.07) is 7.62. The molecule has 0 aliphatic rings. The van der Waals surface area contributed by atoms with Crippen LogP contribution >= 0.6 is 11.3 Å². The molecule has 1 N–H and O–H groups in total. The standard InChI is InChI=1S/C16H20N2O3S/c1-11-5-4-6-14(7-11)21-9-12(2)17-15(19)8-18-13(3)10-22-16(18)20/h4-7,10,12H,8-9H2,1-3H3,(H,17,19). The minimum Gasteiger partial charge on any atom is -0.491 e. The van der Waals surface area contributed by atoms with Crippen molar-refractivity contribution in [2.75, 3.05) is 6.61 Å². The summed E-state index contributed by atoms with van der Waals surface area (Å²) in [5, 5.41) is 4.59. The Bertz CT molecular complexity index is 705. The molecule has 0 aliphatic heterocycles. The van der Waals surface area contributed by atoms with Gasteiger partial charge in [0.15, 0.2) is 0 Å². The number of hydrogen-bond acceptors (Lipinski definition) is 4. The highest BCUT2D eigenvalue weighted by molar-refractivity contribution is 7.07. The van der Waals surface area contributed by atoms with Gasteiger partial charge in [0.1, 0.15) is 18.9 Å². The van der Waals surface area contributed by atoms with Gasteiger partial charge in [-0.15, -0.1) is 0 Å². The molecular formula is C16H20N2O3S. The van der Waals surface area contributed by atoms with E-state index in [0.29, 0.717) is 6.61 Å². The molecule has 0 spiro atoms. The monoisotopic (exact) mass is 320 g/mol. The Morgan fingerprint density at radius 2 is 2.18 bits per heavy atom. The molecule has 2 rings (SSSR count). The molecule has 1 unspecified atom stereocenters. The third-order valence-corrected chi connectivity index (χ3v) is 4.06. The van der Waals surface area contributed by atoms with E-state index < -0.39 is 0 Å². The number of aryl methyl sites for hydroxylation is 2. The Balaban J connectivity index is 1.83. The average molecular weight is 320 g/mol. The van der Waals surface area contributed by atoms with Crippen LogP contribution in [0, 0.1) is 13.8 Å². The lowest BCUT2D eigenvalue weighted by Gasteiger charge is -2.15. The first-order chi connectivity index (χ1) is 10.5. The summed E-state index contributed by atoms with van der Waals surface area (Å²) in [5.41, 5.74) is 1.93. The second-order valence-electron chi connectivity index (χ2n) is 5.33. The fourth-order valence-corrected chi connectivity index (χ4v) is 2.76. The number of carbonyl (C=O) groups excluding carboxylic acids is 1. The number of aromatic nitrogens is 1. The van der Waals surface area contributed by atoms with Crippen LogP contribution in [-0.2, 0) is 11.3 Å². The molecular weight excluding hydrogens is 300 g/mol. The van der Waals surface area contributed by atoms with Gasteiger partial charge < -0.3 is 10.1 Å². The Morgan fingerprint density at radius 3 is 2.82 bits per heavy atom. The van der Waals surface area contributed by atoms with Crippen molar-refractivity contribution in [3.05, 3.63) is 50.6 Å². The van der Waals surface area contributed by atoms with Gasteiger partial charge in [-0.05, 0) is 38.5 Å². The smallest absolute Gasteiger partial charge is 0.307 e. The first-order valence-electron chi connectivity index (χ1n) is 7.09. The van der Waals surface area contributed by atoms with Gasteiger partial charge in [-0.1, -0.05) is 23.5 Å². The number of amides is 1. The van der Waals surface area contributed by atoms with Crippen molar-refractivity contribution >= 4 is 17.2 Å². The number of carbonyl (C=O) groups is 1. The van der Waals surface area contributed by atoms with E-state index in [1.807, 2.05) is 45.0 Å². The Labute approximate surface area is 133 Å². The van der Waals surface area contributed by atoms with E-state index in [1.165, 1.54) is 4.57 Å². The van der Waals surface area contributed by atoms with Crippen molar-refractivity contribution in [3.8, 4) is 5.75 Å². The van der Waals surface area contributed by atoms with E-state index in [4.69, 9.17) is 4.74 Å². The summed E-state index contributed by atoms with van der Waals surface area (Å²) < 4.78 is 7.12. The quantitative estimate of drug-likeness (QED) is 0.887. The van der Waals surface area contributed by atoms with Crippen LogP contribution in [0.25, 0.3) is 0 Å². The highest BCUT2D eigenvalue weighted by Crippen LogP contribution is 2.12. The fraction of sp³-hybridized carbons (Fsp3) is 0.375. The molecule has 1 amide bonds. The van der Waals surface area contributed by atoms with Crippen molar-refractivity contribution in [1.82, 2.24) is 9.88 Å². The first-order valence-corrected chi connectivity index (χ1v) is 7.97. The maximum Gasteiger partial charge on any atom is 0.307 e. The molecule has 1 heterocycles. The number of thiazole rings is 1. The van der Waals surface area contributed by atoms with Crippen LogP contribution in [0.15, 0.2) is 34.4 Å². The Hall–Kier alpha value is -2.08. The Kier molecular flexibility index (Phi) is 5.38. The molecule has 2 aromatic rings. The average Bonchev–Trinajstić information content (AvgIpc) is 2.77. The zero-order valence-corrected chi connectivity index (χ0v) is 13.8. The zero-order valence-electron chi connectivity index (χ0n) is 13.0. The van der Waals surface area contributed by atoms with Gasteiger partial charge in [-0.3, -0.25) is 14.2 Å². The molecule has 0 fully saturated rings. The fourth-order valence-electron chi connectivity index (χ4n) is 2.03. The minimum absolute atomic E-state index is 0.0446. The van der Waals surface area contributed by atoms with E-state index in [0.717, 1.165) is 28.3 Å². The van der Waals surface area contributed by atoms with Gasteiger partial charge >= 0.3 is 4.87 Å². The summed E-state index contributed by atoms with van der Waals surface area (Å²) in [5.74, 6) is 0.593. The van der Waals surface area contributed by atoms with Crippen molar-refractivity contribution in [2.24, 2.45) is 0 Å². The molecule has 1 aromatic carbocycles. The van der Waals surface area contributed by atoms with E-state index in [2.05, 4.69) is 5.32 Å². The predicted molar refractivity (Wildman–Crippen MR) is 87.6 cm³/mol. The van der Waals surface area contributed by atoms with Crippen LogP contribution in [0.5, 0.6) is 5.75 Å². The van der Waals surface area contributed by atoms with E-state index in [9.17, 15) is 9.59 Å². The maximum absolute atomic E-state index is 12.0. The minimum atomic E-state index is -0.191. The van der Waals surface area contributed by atoms with Crippen LogP contribution < -0.4 is 14.9 Å². The largest absolute Gasteiger partial charge is 0.491 e. The van der Waals surface area contributed by atoms with Gasteiger partial charge in [0, 0.05) is 11.1 Å². The number of hydrogen-bond donors (Lipinski definition) is 1. The molecule has 0 saturated heterocycles. The lowest BCUT2D eigenvalue weighted by Crippen LogP contribution is -2.39. The van der Waals surface area contributed by atoms with Crippen molar-refractivity contribution < 1.29 is 9.53 Å². The lowest BCUT2D eigenvalue weighted by molar-refractivity contribution is -0.122. The van der Waals surface area contributed by atoms with Crippen LogP contribution in [0.2, 0.25) is 0 Å². The zero-order chi connectivity index (χ0) is 16.1. The number of nitrogens with one attached hydrogen (secondary N) is 1. The topological polar surface area (TPSA) is 60.3 Å². The summed E-state index contributed by atoms with van der Waals surface area (Å²) in [7, 11) is 0. The van der Waals surface area contributed by atoms with Gasteiger partial charge in [0.2, 0.25) is 5.91 Å². The van der Waals surface area contributed by atoms with Crippen LogP contribution in [0.1, 0.15) is 18.2 Å². The highest BCUT2D eigenvalue weighted by Gasteiger charge is 2.11. The van der Waals surface area contributed by atoms with Gasteiger partial charge in [0.25, 0.3) is 0 Å². The maximum atomic E-state index is 12.0. The van der Waals surface area contributed by atoms with Crippen molar-refractivity contribution in [3.63, 3.8) is 0 Å². The van der Waals surface area contributed by atoms with E-state index in [1.54, 1.807) is 5.38 Å². The van der Waals surface area contributed by atoms with E-state index >= 15 is 0 Å². The summed E-state index contributed by atoms with van der Waals surface area (Å²) in [6.07, 6.45) is 0. The molecule has 6 heteroatoms. The first kappa shape index (κ1) is 16.3. The molecule has 0 radical (unpaired) electrons. The number of ether oxygens (including phenoxy) is 1. The third kappa shape index (κ3) is 4.46. The van der Waals surface area contributed by atoms with Crippen LogP contribution in [-0.4, -0.2) is 23.1 Å². The second-order valence-corrected chi connectivity index (χ2v) is 6.15. The third-order valence-electron chi connectivity index (χ3n) is 3.18.